The minimum atomic E-state index is -0.682. The van der Waals surface area contributed by atoms with E-state index in [1.54, 1.807) is 36.4 Å². The van der Waals surface area contributed by atoms with E-state index in [9.17, 15) is 14.4 Å². The van der Waals surface area contributed by atoms with Crippen molar-refractivity contribution in [1.82, 2.24) is 10.4 Å². The number of nitrogens with zero attached hydrogens (tertiary/aromatic N) is 1. The van der Waals surface area contributed by atoms with Crippen molar-refractivity contribution in [3.8, 4) is 28.4 Å². The molecule has 0 fully saturated rings. The molecule has 0 aliphatic carbocycles. The molecule has 0 saturated carbocycles. The topological polar surface area (TPSA) is 119 Å². The first-order valence-electron chi connectivity index (χ1n) is 12.8. The monoisotopic (exact) mass is 615 g/mol. The number of aromatic nitrogens is 1. The van der Waals surface area contributed by atoms with Crippen LogP contribution in [0.3, 0.4) is 0 Å². The number of amides is 1. The third-order valence-corrected chi connectivity index (χ3v) is 6.76. The van der Waals surface area contributed by atoms with Crippen LogP contribution in [0.2, 0.25) is 10.0 Å². The average molecular weight is 616 g/mol. The van der Waals surface area contributed by atoms with Crippen LogP contribution in [-0.2, 0) is 4.79 Å². The minimum Gasteiger partial charge on any atom is -0.493 e. The van der Waals surface area contributed by atoms with Crippen molar-refractivity contribution in [1.29, 1.82) is 0 Å². The second-order valence-corrected chi connectivity index (χ2v) is 9.98. The summed E-state index contributed by atoms with van der Waals surface area (Å²) in [6.45, 7) is 1.26. The van der Waals surface area contributed by atoms with Crippen LogP contribution in [0, 0.1) is 0 Å². The largest absolute Gasteiger partial charge is 0.493 e. The summed E-state index contributed by atoms with van der Waals surface area (Å²) in [6.07, 6.45) is 1.36. The number of hydrogen-bond donors (Lipinski definition) is 2. The summed E-state index contributed by atoms with van der Waals surface area (Å²) in [5, 5.41) is 5.58. The number of esters is 2. The second-order valence-electron chi connectivity index (χ2n) is 9.14. The zero-order chi connectivity index (χ0) is 30.5. The molecular weight excluding hydrogens is 593 g/mol. The van der Waals surface area contributed by atoms with Gasteiger partial charge < -0.3 is 19.2 Å². The molecule has 5 rings (SSSR count). The van der Waals surface area contributed by atoms with Crippen molar-refractivity contribution in [2.75, 3.05) is 7.11 Å². The van der Waals surface area contributed by atoms with E-state index in [4.69, 9.17) is 37.4 Å². The average Bonchev–Trinajstić information content (AvgIpc) is 3.38. The van der Waals surface area contributed by atoms with Gasteiger partial charge in [0, 0.05) is 34.0 Å². The highest BCUT2D eigenvalue weighted by Gasteiger charge is 2.22. The van der Waals surface area contributed by atoms with Crippen molar-refractivity contribution in [2.24, 2.45) is 5.10 Å². The number of para-hydroxylation sites is 1. The Kier molecular flexibility index (Phi) is 8.75. The quantitative estimate of drug-likeness (QED) is 0.0834. The number of methoxy groups -OCH3 is 1. The number of halogens is 2. The Balaban J connectivity index is 1.37. The van der Waals surface area contributed by atoms with Crippen LogP contribution in [0.4, 0.5) is 0 Å². The van der Waals surface area contributed by atoms with Crippen LogP contribution >= 0.6 is 23.2 Å². The smallest absolute Gasteiger partial charge is 0.343 e. The van der Waals surface area contributed by atoms with Gasteiger partial charge in [0.2, 0.25) is 0 Å². The van der Waals surface area contributed by atoms with Crippen LogP contribution in [0.25, 0.3) is 22.0 Å². The SMILES string of the molecule is COc1cc(C(=O)Oc2ccccc2C=NNC(=O)c2[nH]c3cc(Cl)cc(Cl)c3c2-c2ccccc2)ccc1OC(C)=O. The number of H-pyrrole nitrogens is 1. The summed E-state index contributed by atoms with van der Waals surface area (Å²) in [5.41, 5.74) is 5.34. The molecule has 0 unspecified atom stereocenters. The highest BCUT2D eigenvalue weighted by molar-refractivity contribution is 6.40. The number of carbonyl (C=O) groups is 3. The van der Waals surface area contributed by atoms with Gasteiger partial charge in [0.1, 0.15) is 11.4 Å². The number of ether oxygens (including phenoxy) is 3. The molecule has 0 aliphatic rings. The summed E-state index contributed by atoms with van der Waals surface area (Å²) in [4.78, 5) is 40.7. The first-order valence-corrected chi connectivity index (χ1v) is 13.6. The lowest BCUT2D eigenvalue weighted by Crippen LogP contribution is -2.19. The Morgan fingerprint density at radius 1 is 0.860 bits per heavy atom. The minimum absolute atomic E-state index is 0.166. The van der Waals surface area contributed by atoms with Gasteiger partial charge in [-0.1, -0.05) is 65.7 Å². The van der Waals surface area contributed by atoms with E-state index in [1.807, 2.05) is 30.3 Å². The number of fused-ring (bicyclic) bond motifs is 1. The number of aromatic amines is 1. The Morgan fingerprint density at radius 2 is 1.60 bits per heavy atom. The standard InChI is InChI=1S/C32H23Cl2N3O6/c1-18(38)42-26-13-12-20(14-27(26)41-2)32(40)43-25-11-7-6-10-21(25)17-35-37-31(39)30-28(19-8-4-3-5-9-19)29-23(34)15-22(33)16-24(29)36-30/h3-17,36H,1-2H3,(H,37,39). The van der Waals surface area contributed by atoms with Gasteiger partial charge in [0.15, 0.2) is 11.5 Å². The maximum Gasteiger partial charge on any atom is 0.343 e. The number of hydrogen-bond acceptors (Lipinski definition) is 7. The molecule has 43 heavy (non-hydrogen) atoms. The molecular formula is C32H23Cl2N3O6. The van der Waals surface area contributed by atoms with Crippen molar-refractivity contribution in [2.45, 2.75) is 6.92 Å². The molecule has 4 aromatic carbocycles. The lowest BCUT2D eigenvalue weighted by Gasteiger charge is -2.11. The fourth-order valence-electron chi connectivity index (χ4n) is 4.40. The molecule has 216 valence electrons. The van der Waals surface area contributed by atoms with Crippen molar-refractivity contribution in [3.63, 3.8) is 0 Å². The molecule has 11 heteroatoms. The van der Waals surface area contributed by atoms with Crippen LogP contribution < -0.4 is 19.6 Å². The normalized spacial score (nSPS) is 11.0. The highest BCUT2D eigenvalue weighted by atomic mass is 35.5. The van der Waals surface area contributed by atoms with E-state index in [-0.39, 0.29) is 28.5 Å². The van der Waals surface area contributed by atoms with E-state index in [1.165, 1.54) is 38.4 Å². The van der Waals surface area contributed by atoms with Gasteiger partial charge in [-0.2, -0.15) is 5.10 Å². The van der Waals surface area contributed by atoms with E-state index >= 15 is 0 Å². The zero-order valence-corrected chi connectivity index (χ0v) is 24.3. The van der Waals surface area contributed by atoms with Crippen LogP contribution in [0.1, 0.15) is 33.3 Å². The zero-order valence-electron chi connectivity index (χ0n) is 22.8. The number of rotatable bonds is 8. The molecule has 0 spiro atoms. The third kappa shape index (κ3) is 6.53. The molecule has 2 N–H and O–H groups in total. The van der Waals surface area contributed by atoms with Crippen LogP contribution in [-0.4, -0.2) is 36.2 Å². The molecule has 0 atom stereocenters. The predicted octanol–water partition coefficient (Wildman–Crippen LogP) is 7.06. The van der Waals surface area contributed by atoms with Gasteiger partial charge in [0.05, 0.1) is 23.9 Å². The number of carbonyl (C=O) groups excluding carboxylic acids is 3. The van der Waals surface area contributed by atoms with Gasteiger partial charge >= 0.3 is 11.9 Å². The maximum atomic E-state index is 13.3. The molecule has 5 aromatic rings. The lowest BCUT2D eigenvalue weighted by molar-refractivity contribution is -0.132. The lowest BCUT2D eigenvalue weighted by atomic mass is 10.0. The summed E-state index contributed by atoms with van der Waals surface area (Å²) in [5.74, 6) is -1.16. The molecule has 0 aliphatic heterocycles. The summed E-state index contributed by atoms with van der Waals surface area (Å²) in [7, 11) is 1.39. The Bertz CT molecular complexity index is 1890. The predicted molar refractivity (Wildman–Crippen MR) is 165 cm³/mol. The maximum absolute atomic E-state index is 13.3. The summed E-state index contributed by atoms with van der Waals surface area (Å²) in [6, 6.07) is 23.6. The molecule has 1 aromatic heterocycles. The van der Waals surface area contributed by atoms with Gasteiger partial charge in [-0.05, 0) is 48.0 Å². The molecule has 0 bridgehead atoms. The number of nitrogens with one attached hydrogen (secondary N) is 2. The fourth-order valence-corrected chi connectivity index (χ4v) is 4.99. The van der Waals surface area contributed by atoms with Crippen LogP contribution in [0.15, 0.2) is 90.0 Å². The Labute approximate surface area is 256 Å². The Morgan fingerprint density at radius 3 is 2.35 bits per heavy atom. The summed E-state index contributed by atoms with van der Waals surface area (Å²) < 4.78 is 15.9. The van der Waals surface area contributed by atoms with Crippen LogP contribution in [0.5, 0.6) is 17.2 Å². The van der Waals surface area contributed by atoms with Gasteiger partial charge in [-0.3, -0.25) is 9.59 Å². The van der Waals surface area contributed by atoms with Crippen molar-refractivity contribution < 1.29 is 28.6 Å². The van der Waals surface area contributed by atoms with E-state index in [2.05, 4.69) is 15.5 Å². The third-order valence-electron chi connectivity index (χ3n) is 6.25. The van der Waals surface area contributed by atoms with Crippen molar-refractivity contribution >= 4 is 58.2 Å². The van der Waals surface area contributed by atoms with E-state index < -0.39 is 17.8 Å². The summed E-state index contributed by atoms with van der Waals surface area (Å²) >= 11 is 12.7. The van der Waals surface area contributed by atoms with Gasteiger partial charge in [-0.15, -0.1) is 0 Å². The fraction of sp³-hybridized carbons (Fsp3) is 0.0625. The molecule has 1 amide bonds. The van der Waals surface area contributed by atoms with Gasteiger partial charge in [0.25, 0.3) is 5.91 Å². The first-order chi connectivity index (χ1) is 20.7. The number of hydrazone groups is 1. The number of benzene rings is 4. The van der Waals surface area contributed by atoms with E-state index in [0.717, 1.165) is 5.56 Å². The second kappa shape index (κ2) is 12.8. The molecule has 1 heterocycles. The van der Waals surface area contributed by atoms with Gasteiger partial charge in [-0.25, -0.2) is 10.2 Å². The van der Waals surface area contributed by atoms with E-state index in [0.29, 0.717) is 32.1 Å². The van der Waals surface area contributed by atoms with Crippen molar-refractivity contribution in [3.05, 3.63) is 112 Å². The highest BCUT2D eigenvalue weighted by Crippen LogP contribution is 2.38. The molecule has 9 nitrogen and oxygen atoms in total. The first kappa shape index (κ1) is 29.4. The molecule has 0 radical (unpaired) electrons. The Hall–Kier alpha value is -5.12. The molecule has 0 saturated heterocycles.